The van der Waals surface area contributed by atoms with Crippen LogP contribution in [-0.2, 0) is 0 Å². The van der Waals surface area contributed by atoms with Gasteiger partial charge in [0, 0.05) is 10.4 Å². The lowest BCUT2D eigenvalue weighted by Gasteiger charge is -2.12. The van der Waals surface area contributed by atoms with Gasteiger partial charge >= 0.3 is 0 Å². The molecule has 4 nitrogen and oxygen atoms in total. The lowest BCUT2D eigenvalue weighted by atomic mass is 10.1. The van der Waals surface area contributed by atoms with Gasteiger partial charge in [0.05, 0.1) is 6.04 Å². The second-order valence-electron chi connectivity index (χ2n) is 5.04. The van der Waals surface area contributed by atoms with Crippen molar-refractivity contribution in [1.29, 1.82) is 0 Å². The molecular weight excluding hydrogens is 296 g/mol. The number of benzene rings is 1. The molecule has 0 aliphatic heterocycles. The lowest BCUT2D eigenvalue weighted by molar-refractivity contribution is 0.0939. The summed E-state index contributed by atoms with van der Waals surface area (Å²) in [4.78, 5) is 13.7. The van der Waals surface area contributed by atoms with Gasteiger partial charge in [-0.1, -0.05) is 41.6 Å². The number of carbonyl (C=O) groups is 1. The van der Waals surface area contributed by atoms with Gasteiger partial charge in [0.1, 0.15) is 17.0 Å². The minimum atomic E-state index is -0.168. The Morgan fingerprint density at radius 3 is 2.68 bits per heavy atom. The van der Waals surface area contributed by atoms with Gasteiger partial charge in [-0.2, -0.15) is 0 Å². The molecule has 1 amide bonds. The third-order valence-electron chi connectivity index (χ3n) is 3.45. The molecule has 2 aromatic heterocycles. The van der Waals surface area contributed by atoms with Crippen LogP contribution in [0.15, 0.2) is 52.4 Å². The highest BCUT2D eigenvalue weighted by Crippen LogP contribution is 2.26. The molecule has 0 saturated carbocycles. The summed E-state index contributed by atoms with van der Waals surface area (Å²) in [6.45, 7) is 3.72. The molecule has 0 spiro atoms. The topological polar surface area (TPSA) is 55.1 Å². The molecule has 1 N–H and O–H groups in total. The summed E-state index contributed by atoms with van der Waals surface area (Å²) >= 11 is 1.62. The molecule has 0 fully saturated rings. The zero-order valence-corrected chi connectivity index (χ0v) is 13.2. The van der Waals surface area contributed by atoms with Crippen LogP contribution < -0.4 is 5.32 Å². The largest absolute Gasteiger partial charge is 0.360 e. The van der Waals surface area contributed by atoms with E-state index in [1.807, 2.05) is 54.8 Å². The Balaban J connectivity index is 1.88. The fourth-order valence-electron chi connectivity index (χ4n) is 2.31. The molecule has 22 heavy (non-hydrogen) atoms. The van der Waals surface area contributed by atoms with Gasteiger partial charge in [-0.05, 0) is 25.3 Å². The number of nitrogens with zero attached hydrogens (tertiary/aromatic N) is 1. The van der Waals surface area contributed by atoms with Gasteiger partial charge in [0.15, 0.2) is 0 Å². The summed E-state index contributed by atoms with van der Waals surface area (Å²) < 4.78 is 5.24. The molecule has 3 aromatic rings. The predicted molar refractivity (Wildman–Crippen MR) is 86.9 cm³/mol. The van der Waals surface area contributed by atoms with E-state index in [-0.39, 0.29) is 11.9 Å². The van der Waals surface area contributed by atoms with E-state index in [4.69, 9.17) is 4.52 Å². The zero-order chi connectivity index (χ0) is 15.5. The van der Waals surface area contributed by atoms with Crippen LogP contribution in [0.25, 0.3) is 11.3 Å². The van der Waals surface area contributed by atoms with E-state index in [1.54, 1.807) is 18.3 Å². The lowest BCUT2D eigenvalue weighted by Crippen LogP contribution is -2.26. The van der Waals surface area contributed by atoms with E-state index in [0.29, 0.717) is 17.0 Å². The molecule has 0 bridgehead atoms. The van der Waals surface area contributed by atoms with E-state index in [1.165, 1.54) is 0 Å². The molecule has 1 aromatic carbocycles. The summed E-state index contributed by atoms with van der Waals surface area (Å²) in [7, 11) is 0. The van der Waals surface area contributed by atoms with Crippen LogP contribution >= 0.6 is 11.3 Å². The monoisotopic (exact) mass is 312 g/mol. The first-order valence-corrected chi connectivity index (χ1v) is 7.90. The Labute approximate surface area is 132 Å². The van der Waals surface area contributed by atoms with Gasteiger partial charge < -0.3 is 9.84 Å². The maximum Gasteiger partial charge on any atom is 0.257 e. The number of rotatable bonds is 4. The Hall–Kier alpha value is -2.40. The van der Waals surface area contributed by atoms with E-state index in [9.17, 15) is 4.79 Å². The first-order chi connectivity index (χ1) is 10.7. The van der Waals surface area contributed by atoms with E-state index in [0.717, 1.165) is 10.4 Å². The number of carbonyl (C=O) groups excluding carboxylic acids is 1. The smallest absolute Gasteiger partial charge is 0.257 e. The molecule has 0 radical (unpaired) electrons. The van der Waals surface area contributed by atoms with Crippen LogP contribution in [0, 0.1) is 6.92 Å². The van der Waals surface area contributed by atoms with Crippen molar-refractivity contribution in [3.8, 4) is 11.3 Å². The van der Waals surface area contributed by atoms with Crippen LogP contribution in [0.2, 0.25) is 0 Å². The highest BCUT2D eigenvalue weighted by atomic mass is 32.1. The van der Waals surface area contributed by atoms with Crippen molar-refractivity contribution in [3.05, 3.63) is 64.0 Å². The number of aryl methyl sites for hydroxylation is 1. The number of nitrogens with one attached hydrogen (secondary N) is 1. The van der Waals surface area contributed by atoms with Crippen molar-refractivity contribution < 1.29 is 9.32 Å². The fraction of sp³-hybridized carbons (Fsp3) is 0.176. The van der Waals surface area contributed by atoms with E-state index in [2.05, 4.69) is 10.5 Å². The molecule has 1 atom stereocenters. The average Bonchev–Trinajstić information content (AvgIpc) is 3.17. The first kappa shape index (κ1) is 14.5. The number of aromatic nitrogens is 1. The Bertz CT molecular complexity index is 763. The van der Waals surface area contributed by atoms with Crippen LogP contribution in [0.3, 0.4) is 0 Å². The van der Waals surface area contributed by atoms with Crippen LogP contribution in [-0.4, -0.2) is 11.1 Å². The quantitative estimate of drug-likeness (QED) is 0.785. The molecule has 0 saturated heterocycles. The highest BCUT2D eigenvalue weighted by Gasteiger charge is 2.23. The van der Waals surface area contributed by atoms with E-state index >= 15 is 0 Å². The Kier molecular flexibility index (Phi) is 4.06. The average molecular weight is 312 g/mol. The third kappa shape index (κ3) is 2.80. The number of hydrogen-bond acceptors (Lipinski definition) is 4. The van der Waals surface area contributed by atoms with Crippen LogP contribution in [0.1, 0.15) is 34.0 Å². The second kappa shape index (κ2) is 6.15. The molecular formula is C17H16N2O2S. The molecule has 5 heteroatoms. The standard InChI is InChI=1S/C17H16N2O2S/c1-11(14-9-6-10-22-14)18-17(20)15-12(2)21-19-16(15)13-7-4-3-5-8-13/h3-11H,1-2H3,(H,18,20)/t11-/m1/s1. The predicted octanol–water partition coefficient (Wildman–Crippen LogP) is 4.20. The zero-order valence-electron chi connectivity index (χ0n) is 12.4. The summed E-state index contributed by atoms with van der Waals surface area (Å²) in [5.74, 6) is 0.355. The van der Waals surface area contributed by atoms with Crippen LogP contribution in [0.5, 0.6) is 0 Å². The van der Waals surface area contributed by atoms with Crippen molar-refractivity contribution in [2.24, 2.45) is 0 Å². The normalized spacial score (nSPS) is 12.1. The Morgan fingerprint density at radius 1 is 1.23 bits per heavy atom. The van der Waals surface area contributed by atoms with Gasteiger partial charge in [-0.15, -0.1) is 11.3 Å². The van der Waals surface area contributed by atoms with Gasteiger partial charge in [-0.3, -0.25) is 4.79 Å². The molecule has 3 rings (SSSR count). The van der Waals surface area contributed by atoms with Crippen molar-refractivity contribution in [2.45, 2.75) is 19.9 Å². The third-order valence-corrected chi connectivity index (χ3v) is 4.51. The fourth-order valence-corrected chi connectivity index (χ4v) is 3.04. The summed E-state index contributed by atoms with van der Waals surface area (Å²) in [6.07, 6.45) is 0. The van der Waals surface area contributed by atoms with Crippen molar-refractivity contribution in [2.75, 3.05) is 0 Å². The minimum Gasteiger partial charge on any atom is -0.360 e. The molecule has 112 valence electrons. The Morgan fingerprint density at radius 2 is 2.00 bits per heavy atom. The minimum absolute atomic E-state index is 0.0505. The van der Waals surface area contributed by atoms with Crippen molar-refractivity contribution in [1.82, 2.24) is 10.5 Å². The summed E-state index contributed by atoms with van der Waals surface area (Å²) in [5, 5.41) is 9.05. The molecule has 0 unspecified atom stereocenters. The van der Waals surface area contributed by atoms with Gasteiger partial charge in [0.2, 0.25) is 0 Å². The van der Waals surface area contributed by atoms with Crippen molar-refractivity contribution >= 4 is 17.2 Å². The van der Waals surface area contributed by atoms with Crippen molar-refractivity contribution in [3.63, 3.8) is 0 Å². The number of hydrogen-bond donors (Lipinski definition) is 1. The van der Waals surface area contributed by atoms with Gasteiger partial charge in [0.25, 0.3) is 5.91 Å². The van der Waals surface area contributed by atoms with Gasteiger partial charge in [-0.25, -0.2) is 0 Å². The molecule has 0 aliphatic rings. The molecule has 2 heterocycles. The van der Waals surface area contributed by atoms with Crippen LogP contribution in [0.4, 0.5) is 0 Å². The molecule has 0 aliphatic carbocycles. The summed E-state index contributed by atoms with van der Waals surface area (Å²) in [6, 6.07) is 13.5. The first-order valence-electron chi connectivity index (χ1n) is 7.02. The number of thiophene rings is 1. The van der Waals surface area contributed by atoms with E-state index < -0.39 is 0 Å². The maximum absolute atomic E-state index is 12.6. The SMILES string of the molecule is Cc1onc(-c2ccccc2)c1C(=O)N[C@H](C)c1cccs1. The second-order valence-corrected chi connectivity index (χ2v) is 6.02. The summed E-state index contributed by atoms with van der Waals surface area (Å²) in [5.41, 5.74) is 1.94. The maximum atomic E-state index is 12.6. The number of amides is 1. The highest BCUT2D eigenvalue weighted by molar-refractivity contribution is 7.10.